The van der Waals surface area contributed by atoms with Gasteiger partial charge < -0.3 is 15.5 Å². The van der Waals surface area contributed by atoms with Crippen molar-refractivity contribution in [2.45, 2.75) is 57.5 Å². The molecule has 2 fully saturated rings. The lowest BCUT2D eigenvalue weighted by Gasteiger charge is -2.46. The first-order valence-electron chi connectivity index (χ1n) is 7.85. The van der Waals surface area contributed by atoms with E-state index in [0.29, 0.717) is 18.4 Å². The average molecular weight is 267 g/mol. The first-order valence-corrected chi connectivity index (χ1v) is 7.85. The fraction of sp³-hybridized carbons (Fsp3) is 0.933. The molecule has 2 N–H and O–H groups in total. The van der Waals surface area contributed by atoms with Crippen LogP contribution in [0.4, 0.5) is 0 Å². The van der Waals surface area contributed by atoms with Gasteiger partial charge in [0.25, 0.3) is 0 Å². The van der Waals surface area contributed by atoms with Gasteiger partial charge in [0, 0.05) is 31.6 Å². The molecule has 3 atom stereocenters. The lowest BCUT2D eigenvalue weighted by Crippen LogP contribution is -2.54. The Morgan fingerprint density at radius 1 is 1.37 bits per heavy atom. The fourth-order valence-electron chi connectivity index (χ4n) is 3.71. The van der Waals surface area contributed by atoms with Crippen molar-refractivity contribution >= 4 is 5.91 Å². The quantitative estimate of drug-likeness (QED) is 0.838. The summed E-state index contributed by atoms with van der Waals surface area (Å²) < 4.78 is 0. The molecule has 1 amide bonds. The Balaban J connectivity index is 1.84. The van der Waals surface area contributed by atoms with Crippen molar-refractivity contribution in [1.82, 2.24) is 9.80 Å². The topological polar surface area (TPSA) is 49.6 Å². The van der Waals surface area contributed by atoms with Gasteiger partial charge in [-0.25, -0.2) is 0 Å². The maximum absolute atomic E-state index is 12.3. The molecular formula is C15H29N3O. The highest BCUT2D eigenvalue weighted by atomic mass is 16.2. The molecule has 110 valence electrons. The number of piperidine rings is 2. The van der Waals surface area contributed by atoms with Gasteiger partial charge in [0.2, 0.25) is 5.91 Å². The number of amides is 1. The SMILES string of the molecule is CCCC(N)CC(=O)N1CCC2C(CCCN2C)C1. The Kier molecular flexibility index (Phi) is 5.22. The lowest BCUT2D eigenvalue weighted by molar-refractivity contribution is -0.135. The van der Waals surface area contributed by atoms with Crippen molar-refractivity contribution in [2.75, 3.05) is 26.7 Å². The largest absolute Gasteiger partial charge is 0.342 e. The van der Waals surface area contributed by atoms with Crippen molar-refractivity contribution in [3.63, 3.8) is 0 Å². The highest BCUT2D eigenvalue weighted by Gasteiger charge is 2.35. The maximum atomic E-state index is 12.3. The fourth-order valence-corrected chi connectivity index (χ4v) is 3.71. The van der Waals surface area contributed by atoms with E-state index < -0.39 is 0 Å². The first kappa shape index (κ1) is 14.8. The van der Waals surface area contributed by atoms with Gasteiger partial charge >= 0.3 is 0 Å². The zero-order chi connectivity index (χ0) is 13.8. The van der Waals surface area contributed by atoms with Crippen LogP contribution in [0.5, 0.6) is 0 Å². The second-order valence-corrected chi connectivity index (χ2v) is 6.33. The molecule has 3 unspecified atom stereocenters. The summed E-state index contributed by atoms with van der Waals surface area (Å²) in [6.45, 7) is 5.21. The monoisotopic (exact) mass is 267 g/mol. The Bertz CT molecular complexity index is 308. The minimum absolute atomic E-state index is 0.0456. The Morgan fingerprint density at radius 3 is 2.89 bits per heavy atom. The van der Waals surface area contributed by atoms with Crippen molar-refractivity contribution in [2.24, 2.45) is 11.7 Å². The van der Waals surface area contributed by atoms with Crippen LogP contribution in [-0.2, 0) is 4.79 Å². The molecule has 2 heterocycles. The van der Waals surface area contributed by atoms with Crippen LogP contribution >= 0.6 is 0 Å². The van der Waals surface area contributed by atoms with Gasteiger partial charge in [-0.1, -0.05) is 13.3 Å². The Hall–Kier alpha value is -0.610. The molecule has 2 rings (SSSR count). The second-order valence-electron chi connectivity index (χ2n) is 6.33. The highest BCUT2D eigenvalue weighted by molar-refractivity contribution is 5.77. The van der Waals surface area contributed by atoms with Crippen molar-refractivity contribution in [3.05, 3.63) is 0 Å². The van der Waals surface area contributed by atoms with Crippen molar-refractivity contribution < 1.29 is 4.79 Å². The van der Waals surface area contributed by atoms with Gasteiger partial charge in [-0.05, 0) is 45.2 Å². The normalized spacial score (nSPS) is 29.9. The Morgan fingerprint density at radius 2 is 2.16 bits per heavy atom. The third-order valence-electron chi connectivity index (χ3n) is 4.79. The van der Waals surface area contributed by atoms with E-state index in [1.807, 2.05) is 0 Å². The number of rotatable bonds is 4. The van der Waals surface area contributed by atoms with Crippen LogP contribution in [0.25, 0.3) is 0 Å². The molecule has 0 aromatic carbocycles. The molecule has 4 heteroatoms. The van der Waals surface area contributed by atoms with E-state index in [1.54, 1.807) is 0 Å². The van der Waals surface area contributed by atoms with E-state index in [9.17, 15) is 4.79 Å². The van der Waals surface area contributed by atoms with Crippen LogP contribution in [0.1, 0.15) is 45.4 Å². The number of hydrogen-bond acceptors (Lipinski definition) is 3. The second kappa shape index (κ2) is 6.71. The van der Waals surface area contributed by atoms with E-state index in [4.69, 9.17) is 5.73 Å². The van der Waals surface area contributed by atoms with E-state index in [-0.39, 0.29) is 11.9 Å². The molecule has 0 radical (unpaired) electrons. The summed E-state index contributed by atoms with van der Waals surface area (Å²) in [4.78, 5) is 16.8. The molecular weight excluding hydrogens is 238 g/mol. The summed E-state index contributed by atoms with van der Waals surface area (Å²) >= 11 is 0. The number of nitrogens with zero attached hydrogens (tertiary/aromatic N) is 2. The molecule has 2 aliphatic rings. The molecule has 0 aliphatic carbocycles. The summed E-state index contributed by atoms with van der Waals surface area (Å²) in [7, 11) is 2.23. The summed E-state index contributed by atoms with van der Waals surface area (Å²) in [5.74, 6) is 0.950. The third kappa shape index (κ3) is 3.69. The van der Waals surface area contributed by atoms with Crippen LogP contribution < -0.4 is 5.73 Å². The van der Waals surface area contributed by atoms with Crippen LogP contribution in [0.15, 0.2) is 0 Å². The minimum Gasteiger partial charge on any atom is -0.342 e. The molecule has 2 aliphatic heterocycles. The van der Waals surface area contributed by atoms with Crippen LogP contribution in [0.2, 0.25) is 0 Å². The van der Waals surface area contributed by atoms with E-state index in [0.717, 1.165) is 32.4 Å². The first-order chi connectivity index (χ1) is 9.11. The van der Waals surface area contributed by atoms with E-state index in [1.165, 1.54) is 19.4 Å². The molecule has 0 bridgehead atoms. The van der Waals surface area contributed by atoms with Crippen LogP contribution in [0, 0.1) is 5.92 Å². The molecule has 0 aromatic heterocycles. The zero-order valence-corrected chi connectivity index (χ0v) is 12.5. The molecule has 0 saturated carbocycles. The smallest absolute Gasteiger partial charge is 0.224 e. The van der Waals surface area contributed by atoms with Gasteiger partial charge in [-0.3, -0.25) is 4.79 Å². The molecule has 0 aromatic rings. The van der Waals surface area contributed by atoms with Gasteiger partial charge in [0.05, 0.1) is 0 Å². The van der Waals surface area contributed by atoms with Crippen LogP contribution in [0.3, 0.4) is 0 Å². The van der Waals surface area contributed by atoms with Gasteiger partial charge in [0.15, 0.2) is 0 Å². The Labute approximate surface area is 117 Å². The predicted molar refractivity (Wildman–Crippen MR) is 77.8 cm³/mol. The third-order valence-corrected chi connectivity index (χ3v) is 4.79. The highest BCUT2D eigenvalue weighted by Crippen LogP contribution is 2.29. The molecule has 2 saturated heterocycles. The van der Waals surface area contributed by atoms with Gasteiger partial charge in [0.1, 0.15) is 0 Å². The minimum atomic E-state index is 0.0456. The van der Waals surface area contributed by atoms with E-state index >= 15 is 0 Å². The van der Waals surface area contributed by atoms with E-state index in [2.05, 4.69) is 23.8 Å². The number of carbonyl (C=O) groups excluding carboxylic acids is 1. The molecule has 19 heavy (non-hydrogen) atoms. The number of carbonyl (C=O) groups is 1. The number of hydrogen-bond donors (Lipinski definition) is 1. The number of nitrogens with two attached hydrogens (primary N) is 1. The predicted octanol–water partition coefficient (Wildman–Crippen LogP) is 1.45. The molecule has 0 spiro atoms. The summed E-state index contributed by atoms with van der Waals surface area (Å²) in [5.41, 5.74) is 5.99. The number of fused-ring (bicyclic) bond motifs is 1. The van der Waals surface area contributed by atoms with Crippen molar-refractivity contribution in [3.8, 4) is 0 Å². The van der Waals surface area contributed by atoms with Gasteiger partial charge in [-0.15, -0.1) is 0 Å². The zero-order valence-electron chi connectivity index (χ0n) is 12.5. The summed E-state index contributed by atoms with van der Waals surface area (Å²) in [6, 6.07) is 0.742. The summed E-state index contributed by atoms with van der Waals surface area (Å²) in [5, 5.41) is 0. The van der Waals surface area contributed by atoms with Crippen LogP contribution in [-0.4, -0.2) is 54.5 Å². The molecule has 4 nitrogen and oxygen atoms in total. The summed E-state index contributed by atoms with van der Waals surface area (Å²) in [6.07, 6.45) is 6.23. The lowest BCUT2D eigenvalue weighted by atomic mass is 9.84. The van der Waals surface area contributed by atoms with Crippen molar-refractivity contribution in [1.29, 1.82) is 0 Å². The number of likely N-dealkylation sites (tertiary alicyclic amines) is 2. The average Bonchev–Trinajstić information content (AvgIpc) is 2.38. The maximum Gasteiger partial charge on any atom is 0.224 e. The standard InChI is InChI=1S/C15H29N3O/c1-3-5-13(16)10-15(19)18-9-7-14-12(11-18)6-4-8-17(14)2/h12-14H,3-11,16H2,1-2H3. The van der Waals surface area contributed by atoms with Gasteiger partial charge in [-0.2, -0.15) is 0 Å².